The molecule has 18 heteroatoms. The Morgan fingerprint density at radius 1 is 0.705 bits per heavy atom. The van der Waals surface area contributed by atoms with Crippen LogP contribution in [0.1, 0.15) is 229 Å². The molecule has 17 nitrogen and oxygen atoms in total. The number of aromatic nitrogens is 2. The number of methoxy groups -OCH3 is 1. The third kappa shape index (κ3) is 34.4. The maximum absolute atomic E-state index is 12.6. The number of nitrogens with zero attached hydrogens (tertiary/aromatic N) is 3. The number of hydrogen-bond acceptors (Lipinski definition) is 15. The van der Waals surface area contributed by atoms with Crippen LogP contribution in [0.2, 0.25) is 0 Å². The molecule has 0 fully saturated rings. The highest BCUT2D eigenvalue weighted by Gasteiger charge is 2.32. The largest absolute Gasteiger partial charge is 0.756 e. The molecule has 2 amide bonds. The summed E-state index contributed by atoms with van der Waals surface area (Å²) < 4.78 is 41.5. The molecule has 78 heavy (non-hydrogen) atoms. The molecule has 442 valence electrons. The number of phosphoric ester groups is 1. The van der Waals surface area contributed by atoms with Crippen molar-refractivity contribution in [2.75, 3.05) is 57.3 Å². The quantitative estimate of drug-likeness (QED) is 0.0272. The molecule has 0 radical (unpaired) electrons. The van der Waals surface area contributed by atoms with Crippen LogP contribution in [0.4, 0.5) is 11.6 Å². The van der Waals surface area contributed by atoms with E-state index in [9.17, 15) is 28.6 Å². The Morgan fingerprint density at radius 2 is 1.22 bits per heavy atom. The minimum atomic E-state index is -4.35. The summed E-state index contributed by atoms with van der Waals surface area (Å²) in [5, 5.41) is 2.56. The van der Waals surface area contributed by atoms with Crippen molar-refractivity contribution in [1.82, 2.24) is 15.3 Å². The average Bonchev–Trinajstić information content (AvgIpc) is 3.80. The highest BCUT2D eigenvalue weighted by atomic mass is 31.2. The highest BCUT2D eigenvalue weighted by molar-refractivity contribution is 7.45. The normalized spacial score (nSPS) is 13.3. The number of hydrogen-bond donors (Lipinski definition) is 2. The molecule has 1 aliphatic heterocycles. The van der Waals surface area contributed by atoms with Crippen molar-refractivity contribution in [2.45, 2.75) is 227 Å². The third-order valence-corrected chi connectivity index (χ3v) is 14.1. The lowest BCUT2D eigenvalue weighted by molar-refractivity contribution is -0.224. The summed E-state index contributed by atoms with van der Waals surface area (Å²) in [6, 6.07) is 6.66. The fraction of sp³-hybridized carbons (Fsp3) is 0.700. The number of rotatable bonds is 46. The first-order valence-electron chi connectivity index (χ1n) is 29.5. The Balaban J connectivity index is 0.000000543. The molecule has 3 N–H and O–H groups in total. The minimum absolute atomic E-state index is 0.0190. The monoisotopic (exact) mass is 1110 g/mol. The van der Waals surface area contributed by atoms with Gasteiger partial charge in [-0.2, -0.15) is 9.97 Å². The molecule has 2 unspecified atom stereocenters. The van der Waals surface area contributed by atoms with Crippen molar-refractivity contribution >= 4 is 43.2 Å². The second kappa shape index (κ2) is 45.1. The van der Waals surface area contributed by atoms with Gasteiger partial charge in [0, 0.05) is 37.6 Å². The number of nitrogens with two attached hydrogens (primary N) is 1. The molecular formula is C60H99N5O12P-. The van der Waals surface area contributed by atoms with E-state index in [1.54, 1.807) is 38.3 Å². The van der Waals surface area contributed by atoms with Crippen molar-refractivity contribution in [3.05, 3.63) is 65.3 Å². The van der Waals surface area contributed by atoms with Gasteiger partial charge in [-0.3, -0.25) is 28.6 Å². The van der Waals surface area contributed by atoms with E-state index in [1.165, 1.54) is 153 Å². The van der Waals surface area contributed by atoms with Crippen LogP contribution < -0.4 is 25.6 Å². The van der Waals surface area contributed by atoms with E-state index in [4.69, 9.17) is 24.7 Å². The van der Waals surface area contributed by atoms with E-state index in [0.717, 1.165) is 31.2 Å². The molecule has 2 atom stereocenters. The number of carbonyl (C=O) groups is 4. The van der Waals surface area contributed by atoms with Crippen molar-refractivity contribution in [3.8, 4) is 6.01 Å². The lowest BCUT2D eigenvalue weighted by Crippen LogP contribution is -2.28. The third-order valence-electron chi connectivity index (χ3n) is 13.0. The van der Waals surface area contributed by atoms with Crippen LogP contribution >= 0.6 is 7.82 Å². The Kier molecular flexibility index (Phi) is 40.2. The van der Waals surface area contributed by atoms with Crippen LogP contribution in [0, 0.1) is 0 Å². The Hall–Kier alpha value is -4.67. The summed E-state index contributed by atoms with van der Waals surface area (Å²) in [5.74, 6) is -0.377. The van der Waals surface area contributed by atoms with Crippen LogP contribution in [-0.2, 0) is 55.2 Å². The minimum Gasteiger partial charge on any atom is -0.756 e. The molecule has 1 aliphatic rings. The Labute approximate surface area is 468 Å². The number of benzene rings is 1. The number of nitrogens with one attached hydrogen (secondary N) is 1. The van der Waals surface area contributed by atoms with Gasteiger partial charge in [-0.25, -0.2) is 0 Å². The molecule has 1 aromatic carbocycles. The van der Waals surface area contributed by atoms with Crippen molar-refractivity contribution in [2.24, 2.45) is 0 Å². The van der Waals surface area contributed by atoms with Gasteiger partial charge < -0.3 is 43.9 Å². The SMILES string of the molecule is CCCCCCCC/C=C\CCCCCCCC(=O)OCC(C)OC(=O)CCCCCCC/C=C\CCCCCCCC.CCOP(=O)([O-])OCCNC(=O)c1ccc(CN2C(=O)Cc3c(N)nc(OCCOC)nc32)cc1. The van der Waals surface area contributed by atoms with Crippen LogP contribution in [0.25, 0.3) is 0 Å². The maximum atomic E-state index is 12.6. The zero-order valence-corrected chi connectivity index (χ0v) is 49.3. The van der Waals surface area contributed by atoms with Crippen molar-refractivity contribution in [1.29, 1.82) is 0 Å². The fourth-order valence-corrected chi connectivity index (χ4v) is 9.22. The van der Waals surface area contributed by atoms with E-state index >= 15 is 0 Å². The molecule has 0 spiro atoms. The van der Waals surface area contributed by atoms with Gasteiger partial charge >= 0.3 is 17.9 Å². The van der Waals surface area contributed by atoms with Gasteiger partial charge in [-0.15, -0.1) is 0 Å². The van der Waals surface area contributed by atoms with Crippen LogP contribution in [-0.4, -0.2) is 86.5 Å². The molecule has 3 rings (SSSR count). The molecule has 0 aliphatic carbocycles. The number of nitrogen functional groups attached to an aromatic ring is 1. The van der Waals surface area contributed by atoms with Gasteiger partial charge in [0.2, 0.25) is 5.91 Å². The van der Waals surface area contributed by atoms with Crippen LogP contribution in [0.15, 0.2) is 48.6 Å². The number of fused-ring (bicyclic) bond motifs is 1. The van der Waals surface area contributed by atoms with Gasteiger partial charge in [-0.1, -0.05) is 153 Å². The maximum Gasteiger partial charge on any atom is 0.320 e. The summed E-state index contributed by atoms with van der Waals surface area (Å²) in [7, 11) is -2.81. The molecule has 0 saturated carbocycles. The number of esters is 2. The summed E-state index contributed by atoms with van der Waals surface area (Å²) in [6.07, 6.45) is 42.3. The summed E-state index contributed by atoms with van der Waals surface area (Å²) in [4.78, 5) is 70.3. The number of allylic oxidation sites excluding steroid dienone is 4. The molecule has 2 aromatic rings. The van der Waals surface area contributed by atoms with Crippen molar-refractivity contribution < 1.29 is 56.6 Å². The standard InChI is InChI=1S/C39H72O4.C21H28N5O8P/c1-4-6-8-10-12-14-16-18-20-22-24-26-28-30-32-34-38(40)42-36-37(3)43-39(41)35-33-31-29-27-25-23-21-19-17-15-13-11-9-7-5-2;1-3-33-35(29,30)34-9-8-23-20(28)15-6-4-14(5-7-15)13-26-17(27)12-16-18(22)24-21(25-19(16)26)32-11-10-31-2/h18-21,37H,4-17,22-36H2,1-3H3;4-7H,3,8-13H2,1-2H3,(H,23,28)(H,29,30)(H2,22,24,25)/p-1/b20-18-,21-19-;. The topological polar surface area (TPSA) is 231 Å². The summed E-state index contributed by atoms with van der Waals surface area (Å²) in [5.41, 5.74) is 7.66. The molecule has 0 saturated heterocycles. The number of ether oxygens (including phenoxy) is 4. The predicted molar refractivity (Wildman–Crippen MR) is 308 cm³/mol. The Morgan fingerprint density at radius 3 is 1.74 bits per heavy atom. The van der Waals surface area contributed by atoms with E-state index in [2.05, 4.69) is 62.5 Å². The van der Waals surface area contributed by atoms with Gasteiger partial charge in [0.15, 0.2) is 0 Å². The zero-order chi connectivity index (χ0) is 56.9. The van der Waals surface area contributed by atoms with Gasteiger partial charge in [0.25, 0.3) is 13.7 Å². The lowest BCUT2D eigenvalue weighted by atomic mass is 10.1. The average molecular weight is 1110 g/mol. The first-order chi connectivity index (χ1) is 37.8. The molecular weight excluding hydrogens is 1010 g/mol. The zero-order valence-electron chi connectivity index (χ0n) is 48.4. The molecule has 2 heterocycles. The van der Waals surface area contributed by atoms with Gasteiger partial charge in [-0.05, 0) is 95.8 Å². The van der Waals surface area contributed by atoms with E-state index in [1.807, 2.05) is 0 Å². The van der Waals surface area contributed by atoms with Crippen LogP contribution in [0.5, 0.6) is 6.01 Å². The number of unbranched alkanes of at least 4 members (excludes halogenated alkanes) is 22. The number of phosphoric acid groups is 1. The fourth-order valence-electron chi connectivity index (χ4n) is 8.51. The number of amides is 2. The molecule has 0 bridgehead atoms. The molecule has 1 aromatic heterocycles. The smallest absolute Gasteiger partial charge is 0.320 e. The lowest BCUT2D eigenvalue weighted by Gasteiger charge is -2.21. The number of carbonyl (C=O) groups excluding carboxylic acids is 4. The van der Waals surface area contributed by atoms with E-state index in [0.29, 0.717) is 36.4 Å². The predicted octanol–water partition coefficient (Wildman–Crippen LogP) is 13.0. The second-order valence-corrected chi connectivity index (χ2v) is 21.4. The second-order valence-electron chi connectivity index (χ2n) is 20.0. The van der Waals surface area contributed by atoms with Gasteiger partial charge in [0.1, 0.15) is 31.0 Å². The van der Waals surface area contributed by atoms with E-state index < -0.39 is 13.7 Å². The van der Waals surface area contributed by atoms with Crippen LogP contribution in [0.3, 0.4) is 0 Å². The first kappa shape index (κ1) is 69.4. The number of anilines is 2. The Bertz CT molecular complexity index is 2040. The highest BCUT2D eigenvalue weighted by Crippen LogP contribution is 2.37. The summed E-state index contributed by atoms with van der Waals surface area (Å²) >= 11 is 0. The van der Waals surface area contributed by atoms with Crippen molar-refractivity contribution in [3.63, 3.8) is 0 Å². The summed E-state index contributed by atoms with van der Waals surface area (Å²) in [6.45, 7) is 8.51. The first-order valence-corrected chi connectivity index (χ1v) is 31.0. The van der Waals surface area contributed by atoms with Gasteiger partial charge in [0.05, 0.1) is 32.8 Å². The van der Waals surface area contributed by atoms with E-state index in [-0.39, 0.29) is 81.7 Å².